The van der Waals surface area contributed by atoms with E-state index >= 15 is 0 Å². The second-order valence-corrected chi connectivity index (χ2v) is 6.48. The van der Waals surface area contributed by atoms with Crippen LogP contribution in [0.4, 0.5) is 0 Å². The molecule has 0 spiro atoms. The molecule has 0 fully saturated rings. The lowest BCUT2D eigenvalue weighted by molar-refractivity contribution is -0.129. The van der Waals surface area contributed by atoms with Crippen LogP contribution in [-0.4, -0.2) is 38.0 Å². The molecule has 2 aromatic rings. The molecule has 0 bridgehead atoms. The van der Waals surface area contributed by atoms with Gasteiger partial charge in [-0.05, 0) is 56.7 Å². The van der Waals surface area contributed by atoms with Crippen LogP contribution < -0.4 is 24.3 Å². The maximum Gasteiger partial charge on any atom is 0.339 e. The predicted octanol–water partition coefficient (Wildman–Crippen LogP) is 3.07. The number of esters is 1. The Hall–Kier alpha value is -3.42. The van der Waals surface area contributed by atoms with Gasteiger partial charge in [-0.3, -0.25) is 4.79 Å². The lowest BCUT2D eigenvalue weighted by Gasteiger charge is -2.15. The number of fused-ring (bicyclic) bond motifs is 1. The zero-order valence-corrected chi connectivity index (χ0v) is 17.2. The molecule has 0 aliphatic carbocycles. The molecule has 0 radical (unpaired) electrons. The minimum absolute atomic E-state index is 0.189. The van der Waals surface area contributed by atoms with E-state index in [4.69, 9.17) is 23.7 Å². The maximum absolute atomic E-state index is 12.5. The zero-order chi connectivity index (χ0) is 21.5. The highest BCUT2D eigenvalue weighted by Crippen LogP contribution is 2.32. The number of carbonyl (C=O) groups excluding carboxylic acids is 2. The minimum Gasteiger partial charge on any atom is -0.490 e. The van der Waals surface area contributed by atoms with Crippen molar-refractivity contribution < 1.29 is 33.3 Å². The van der Waals surface area contributed by atoms with Crippen molar-refractivity contribution >= 4 is 11.9 Å². The standard InChI is InChI=1S/C22H25NO7/c1-4-26-17-9-7-16(11-20(17)27-5-2)22(25)30-14(3)21(24)23-12-15-6-8-18-19(10-15)29-13-28-18/h6-11,14H,4-5,12-13H2,1-3H3,(H,23,24). The summed E-state index contributed by atoms with van der Waals surface area (Å²) in [5.41, 5.74) is 1.12. The summed E-state index contributed by atoms with van der Waals surface area (Å²) in [6, 6.07) is 10.2. The van der Waals surface area contributed by atoms with E-state index in [9.17, 15) is 9.59 Å². The highest BCUT2D eigenvalue weighted by molar-refractivity contribution is 5.92. The third-order valence-corrected chi connectivity index (χ3v) is 4.34. The molecule has 0 saturated heterocycles. The summed E-state index contributed by atoms with van der Waals surface area (Å²) >= 11 is 0. The second kappa shape index (κ2) is 9.87. The van der Waals surface area contributed by atoms with Crippen molar-refractivity contribution in [2.24, 2.45) is 0 Å². The number of rotatable bonds is 9. The molecular formula is C22H25NO7. The lowest BCUT2D eigenvalue weighted by atomic mass is 10.2. The van der Waals surface area contributed by atoms with Crippen LogP contribution in [0.15, 0.2) is 36.4 Å². The Morgan fingerprint density at radius 2 is 1.73 bits per heavy atom. The summed E-state index contributed by atoms with van der Waals surface area (Å²) in [5, 5.41) is 2.75. The summed E-state index contributed by atoms with van der Waals surface area (Å²) in [4.78, 5) is 24.8. The summed E-state index contributed by atoms with van der Waals surface area (Å²) < 4.78 is 26.9. The largest absolute Gasteiger partial charge is 0.490 e. The molecule has 160 valence electrons. The quantitative estimate of drug-likeness (QED) is 0.629. The predicted molar refractivity (Wildman–Crippen MR) is 108 cm³/mol. The van der Waals surface area contributed by atoms with Crippen LogP contribution in [0.3, 0.4) is 0 Å². The first kappa shape index (κ1) is 21.3. The normalized spacial score (nSPS) is 12.8. The monoisotopic (exact) mass is 415 g/mol. The first-order valence-electron chi connectivity index (χ1n) is 9.78. The van der Waals surface area contributed by atoms with Crippen molar-refractivity contribution in [1.82, 2.24) is 5.32 Å². The van der Waals surface area contributed by atoms with Gasteiger partial charge in [0.1, 0.15) is 0 Å². The minimum atomic E-state index is -0.964. The van der Waals surface area contributed by atoms with Gasteiger partial charge in [-0.1, -0.05) is 6.07 Å². The highest BCUT2D eigenvalue weighted by Gasteiger charge is 2.20. The Labute approximate surface area is 175 Å². The summed E-state index contributed by atoms with van der Waals surface area (Å²) in [6.45, 7) is 6.59. The number of hydrogen-bond donors (Lipinski definition) is 1. The Balaban J connectivity index is 1.56. The van der Waals surface area contributed by atoms with Crippen molar-refractivity contribution in [2.45, 2.75) is 33.4 Å². The van der Waals surface area contributed by atoms with E-state index in [-0.39, 0.29) is 18.9 Å². The molecule has 8 heteroatoms. The fourth-order valence-electron chi connectivity index (χ4n) is 2.84. The van der Waals surface area contributed by atoms with Gasteiger partial charge in [0.2, 0.25) is 6.79 Å². The van der Waals surface area contributed by atoms with Gasteiger partial charge in [-0.25, -0.2) is 4.79 Å². The summed E-state index contributed by atoms with van der Waals surface area (Å²) in [5.74, 6) is 1.29. The number of ether oxygens (including phenoxy) is 5. The number of hydrogen-bond acceptors (Lipinski definition) is 7. The first-order chi connectivity index (χ1) is 14.5. The maximum atomic E-state index is 12.5. The van der Waals surface area contributed by atoms with Crippen LogP contribution in [0.2, 0.25) is 0 Å². The third kappa shape index (κ3) is 5.14. The molecule has 1 aliphatic heterocycles. The molecule has 1 heterocycles. The van der Waals surface area contributed by atoms with Gasteiger partial charge < -0.3 is 29.0 Å². The molecule has 1 aliphatic rings. The number of carbonyl (C=O) groups is 2. The SMILES string of the molecule is CCOc1ccc(C(=O)OC(C)C(=O)NCc2ccc3c(c2)OCO3)cc1OCC. The van der Waals surface area contributed by atoms with Crippen molar-refractivity contribution in [1.29, 1.82) is 0 Å². The highest BCUT2D eigenvalue weighted by atomic mass is 16.7. The molecule has 1 amide bonds. The number of benzene rings is 2. The van der Waals surface area contributed by atoms with E-state index in [0.717, 1.165) is 5.56 Å². The van der Waals surface area contributed by atoms with Gasteiger partial charge in [-0.15, -0.1) is 0 Å². The van der Waals surface area contributed by atoms with Crippen LogP contribution >= 0.6 is 0 Å². The molecular weight excluding hydrogens is 390 g/mol. The van der Waals surface area contributed by atoms with Gasteiger partial charge in [0.15, 0.2) is 29.1 Å². The van der Waals surface area contributed by atoms with E-state index in [1.807, 2.05) is 19.9 Å². The van der Waals surface area contributed by atoms with E-state index in [1.165, 1.54) is 6.92 Å². The van der Waals surface area contributed by atoms with Crippen LogP contribution in [-0.2, 0) is 16.1 Å². The molecule has 8 nitrogen and oxygen atoms in total. The van der Waals surface area contributed by atoms with E-state index in [0.29, 0.717) is 36.2 Å². The molecule has 1 N–H and O–H groups in total. The molecule has 30 heavy (non-hydrogen) atoms. The topological polar surface area (TPSA) is 92.3 Å². The molecule has 1 atom stereocenters. The molecule has 2 aromatic carbocycles. The Morgan fingerprint density at radius 1 is 1.00 bits per heavy atom. The average Bonchev–Trinajstić information content (AvgIpc) is 3.21. The van der Waals surface area contributed by atoms with Gasteiger partial charge in [0.05, 0.1) is 18.8 Å². The van der Waals surface area contributed by atoms with Crippen molar-refractivity contribution in [3.8, 4) is 23.0 Å². The van der Waals surface area contributed by atoms with Crippen LogP contribution in [0, 0.1) is 0 Å². The van der Waals surface area contributed by atoms with Crippen LogP contribution in [0.1, 0.15) is 36.7 Å². The van der Waals surface area contributed by atoms with Gasteiger partial charge in [0.25, 0.3) is 5.91 Å². The van der Waals surface area contributed by atoms with E-state index < -0.39 is 18.0 Å². The third-order valence-electron chi connectivity index (χ3n) is 4.34. The first-order valence-corrected chi connectivity index (χ1v) is 9.78. The second-order valence-electron chi connectivity index (χ2n) is 6.48. The van der Waals surface area contributed by atoms with Crippen molar-refractivity contribution in [2.75, 3.05) is 20.0 Å². The summed E-state index contributed by atoms with van der Waals surface area (Å²) in [7, 11) is 0. The molecule has 1 unspecified atom stereocenters. The molecule has 0 saturated carbocycles. The van der Waals surface area contributed by atoms with Crippen molar-refractivity contribution in [3.63, 3.8) is 0 Å². The van der Waals surface area contributed by atoms with Gasteiger partial charge in [-0.2, -0.15) is 0 Å². The Kier molecular flexibility index (Phi) is 7.00. The average molecular weight is 415 g/mol. The molecule has 0 aromatic heterocycles. The smallest absolute Gasteiger partial charge is 0.339 e. The van der Waals surface area contributed by atoms with E-state index in [2.05, 4.69) is 5.32 Å². The summed E-state index contributed by atoms with van der Waals surface area (Å²) in [6.07, 6.45) is -0.964. The number of nitrogens with one attached hydrogen (secondary N) is 1. The van der Waals surface area contributed by atoms with Gasteiger partial charge >= 0.3 is 5.97 Å². The van der Waals surface area contributed by atoms with E-state index in [1.54, 1.807) is 30.3 Å². The van der Waals surface area contributed by atoms with Crippen molar-refractivity contribution in [3.05, 3.63) is 47.5 Å². The fourth-order valence-corrected chi connectivity index (χ4v) is 2.84. The van der Waals surface area contributed by atoms with Crippen LogP contribution in [0.5, 0.6) is 23.0 Å². The molecule has 3 rings (SSSR count). The lowest BCUT2D eigenvalue weighted by Crippen LogP contribution is -2.35. The fraction of sp³-hybridized carbons (Fsp3) is 0.364. The Bertz CT molecular complexity index is 912. The van der Waals surface area contributed by atoms with Gasteiger partial charge in [0, 0.05) is 6.54 Å². The zero-order valence-electron chi connectivity index (χ0n) is 17.2. The Morgan fingerprint density at radius 3 is 2.50 bits per heavy atom. The number of amides is 1. The van der Waals surface area contributed by atoms with Crippen LogP contribution in [0.25, 0.3) is 0 Å².